The second-order valence-corrected chi connectivity index (χ2v) is 8.34. The number of hydrogen-bond acceptors (Lipinski definition) is 8. The minimum atomic E-state index is -0.841. The summed E-state index contributed by atoms with van der Waals surface area (Å²) in [6.45, 7) is 1.88. The molecule has 0 radical (unpaired) electrons. The normalized spacial score (nSPS) is 22.9. The Morgan fingerprint density at radius 3 is 2.94 bits per heavy atom. The fourth-order valence-corrected chi connectivity index (χ4v) is 4.68. The van der Waals surface area contributed by atoms with Crippen LogP contribution in [0.1, 0.15) is 30.6 Å². The largest absolute Gasteiger partial charge is 0.465 e. The summed E-state index contributed by atoms with van der Waals surface area (Å²) in [7, 11) is 0. The number of rotatable bonds is 5. The molecule has 2 atom stereocenters. The van der Waals surface area contributed by atoms with E-state index in [0.717, 1.165) is 25.5 Å². The lowest BCUT2D eigenvalue weighted by Gasteiger charge is -2.37. The van der Waals surface area contributed by atoms with E-state index in [4.69, 9.17) is 15.6 Å². The highest BCUT2D eigenvalue weighted by Gasteiger charge is 2.44. The van der Waals surface area contributed by atoms with Crippen LogP contribution in [0.2, 0.25) is 0 Å². The predicted octanol–water partition coefficient (Wildman–Crippen LogP) is 2.34. The highest BCUT2D eigenvalue weighted by molar-refractivity contribution is 5.44. The summed E-state index contributed by atoms with van der Waals surface area (Å²) < 4.78 is 35.0. The SMILES string of the molecule is N=c1nc(N)nc2n1NC(CC1CCCN(Cc3cccc(F)c3F)C1)(c1ccco1)N2. The van der Waals surface area contributed by atoms with E-state index in [1.165, 1.54) is 10.7 Å². The van der Waals surface area contributed by atoms with E-state index >= 15 is 0 Å². The maximum Gasteiger partial charge on any atom is 0.247 e. The van der Waals surface area contributed by atoms with Crippen molar-refractivity contribution in [3.63, 3.8) is 0 Å². The van der Waals surface area contributed by atoms with Crippen molar-refractivity contribution in [2.24, 2.45) is 5.92 Å². The molecule has 5 rings (SSSR count). The van der Waals surface area contributed by atoms with Crippen molar-refractivity contribution in [1.29, 1.82) is 5.41 Å². The van der Waals surface area contributed by atoms with E-state index in [2.05, 4.69) is 25.6 Å². The van der Waals surface area contributed by atoms with Crippen LogP contribution in [-0.2, 0) is 12.2 Å². The molecule has 1 aromatic carbocycles. The van der Waals surface area contributed by atoms with E-state index in [1.54, 1.807) is 18.4 Å². The molecule has 5 N–H and O–H groups in total. The molecule has 4 heterocycles. The van der Waals surface area contributed by atoms with Gasteiger partial charge in [-0.15, -0.1) is 0 Å². The number of furan rings is 1. The van der Waals surface area contributed by atoms with Gasteiger partial charge in [-0.05, 0) is 43.5 Å². The van der Waals surface area contributed by atoms with Gasteiger partial charge in [-0.2, -0.15) is 14.6 Å². The molecule has 1 saturated heterocycles. The zero-order valence-corrected chi connectivity index (χ0v) is 17.3. The fourth-order valence-electron chi connectivity index (χ4n) is 4.68. The third kappa shape index (κ3) is 3.68. The number of nitrogens with zero attached hydrogens (tertiary/aromatic N) is 4. The van der Waals surface area contributed by atoms with Gasteiger partial charge in [0.1, 0.15) is 0 Å². The second-order valence-electron chi connectivity index (χ2n) is 8.34. The first-order valence-electron chi connectivity index (χ1n) is 10.5. The standard InChI is InChI=1S/C21H24F2N8O/c22-15-6-1-5-14(17(15)23)12-30-8-2-4-13(11-30)10-21(16-7-3-9-32-16)28-20-27-18(24)26-19(25)31(20)29-21/h1,3,5-7,9,13,29H,2,4,8,10-12H2,(H4,24,25,26,27,28). The predicted molar refractivity (Wildman–Crippen MR) is 113 cm³/mol. The molecule has 9 nitrogen and oxygen atoms in total. The van der Waals surface area contributed by atoms with Gasteiger partial charge in [-0.1, -0.05) is 12.1 Å². The number of likely N-dealkylation sites (tertiary alicyclic amines) is 1. The highest BCUT2D eigenvalue weighted by atomic mass is 19.2. The average Bonchev–Trinajstić information content (AvgIpc) is 3.41. The first-order chi connectivity index (χ1) is 15.4. The van der Waals surface area contributed by atoms with E-state index in [9.17, 15) is 8.78 Å². The number of hydrogen-bond donors (Lipinski definition) is 4. The van der Waals surface area contributed by atoms with Crippen molar-refractivity contribution < 1.29 is 13.2 Å². The van der Waals surface area contributed by atoms with Crippen LogP contribution in [-0.4, -0.2) is 32.6 Å². The fraction of sp³-hybridized carbons (Fsp3) is 0.381. The molecule has 168 valence electrons. The van der Waals surface area contributed by atoms with E-state index in [-0.39, 0.29) is 17.5 Å². The summed E-state index contributed by atoms with van der Waals surface area (Å²) in [5.41, 5.74) is 8.46. The van der Waals surface area contributed by atoms with Crippen molar-refractivity contribution in [2.45, 2.75) is 31.5 Å². The van der Waals surface area contributed by atoms with Crippen LogP contribution in [0.4, 0.5) is 20.7 Å². The molecular weight excluding hydrogens is 418 g/mol. The molecule has 11 heteroatoms. The van der Waals surface area contributed by atoms with Crippen LogP contribution in [0.3, 0.4) is 0 Å². The number of anilines is 2. The molecule has 2 aliphatic heterocycles. The molecule has 0 aliphatic carbocycles. The molecule has 2 aromatic heterocycles. The lowest BCUT2D eigenvalue weighted by atomic mass is 9.87. The Bertz CT molecular complexity index is 1180. The van der Waals surface area contributed by atoms with E-state index < -0.39 is 17.3 Å². The van der Waals surface area contributed by atoms with Gasteiger partial charge < -0.3 is 15.5 Å². The Morgan fingerprint density at radius 2 is 2.12 bits per heavy atom. The van der Waals surface area contributed by atoms with Gasteiger partial charge >= 0.3 is 0 Å². The van der Waals surface area contributed by atoms with Crippen LogP contribution in [0, 0.1) is 23.0 Å². The summed E-state index contributed by atoms with van der Waals surface area (Å²) >= 11 is 0. The molecule has 0 amide bonds. The summed E-state index contributed by atoms with van der Waals surface area (Å²) in [5.74, 6) is -0.352. The number of aromatic nitrogens is 3. The number of nitrogens with one attached hydrogen (secondary N) is 3. The smallest absolute Gasteiger partial charge is 0.247 e. The molecule has 2 unspecified atom stereocenters. The number of halogens is 2. The molecule has 32 heavy (non-hydrogen) atoms. The number of piperidine rings is 1. The minimum Gasteiger partial charge on any atom is -0.465 e. The summed E-state index contributed by atoms with van der Waals surface area (Å²) in [6, 6.07) is 7.95. The maximum atomic E-state index is 14.2. The molecule has 2 aliphatic rings. The average molecular weight is 442 g/mol. The first kappa shape index (κ1) is 20.4. The van der Waals surface area contributed by atoms with Gasteiger partial charge in [-0.25, -0.2) is 8.78 Å². The first-order valence-corrected chi connectivity index (χ1v) is 10.5. The highest BCUT2D eigenvalue weighted by Crippen LogP contribution is 2.37. The Kier molecular flexibility index (Phi) is 5.04. The Morgan fingerprint density at radius 1 is 1.25 bits per heavy atom. The van der Waals surface area contributed by atoms with Crippen molar-refractivity contribution in [2.75, 3.05) is 29.6 Å². The van der Waals surface area contributed by atoms with Crippen molar-refractivity contribution in [3.8, 4) is 0 Å². The number of nitrogen functional groups attached to an aromatic ring is 1. The monoisotopic (exact) mass is 442 g/mol. The Hall–Kier alpha value is -3.47. The van der Waals surface area contributed by atoms with Crippen LogP contribution in [0.15, 0.2) is 41.0 Å². The van der Waals surface area contributed by atoms with Gasteiger partial charge in [0.25, 0.3) is 0 Å². The lowest BCUT2D eigenvalue weighted by molar-refractivity contribution is 0.143. The second kappa shape index (κ2) is 7.90. The zero-order valence-electron chi connectivity index (χ0n) is 17.3. The zero-order chi connectivity index (χ0) is 22.3. The van der Waals surface area contributed by atoms with Crippen molar-refractivity contribution in [3.05, 3.63) is 65.2 Å². The Labute approximate surface area is 182 Å². The van der Waals surface area contributed by atoms with Crippen LogP contribution < -0.4 is 22.1 Å². The maximum absolute atomic E-state index is 14.2. The number of nitrogens with two attached hydrogens (primary N) is 1. The van der Waals surface area contributed by atoms with Gasteiger partial charge in [0.15, 0.2) is 23.1 Å². The minimum absolute atomic E-state index is 0.00626. The van der Waals surface area contributed by atoms with E-state index in [1.807, 2.05) is 6.07 Å². The summed E-state index contributed by atoms with van der Waals surface area (Å²) in [4.78, 5) is 10.3. The van der Waals surface area contributed by atoms with Crippen molar-refractivity contribution in [1.82, 2.24) is 19.5 Å². The summed E-state index contributed by atoms with van der Waals surface area (Å²) in [5, 5.41) is 11.5. The third-order valence-corrected chi connectivity index (χ3v) is 6.06. The number of benzene rings is 1. The van der Waals surface area contributed by atoms with Crippen LogP contribution >= 0.6 is 0 Å². The Balaban J connectivity index is 1.37. The quantitative estimate of drug-likeness (QED) is 0.479. The molecule has 0 spiro atoms. The molecule has 0 saturated carbocycles. The molecule has 0 bridgehead atoms. The van der Waals surface area contributed by atoms with Gasteiger partial charge in [0, 0.05) is 25.1 Å². The molecule has 3 aromatic rings. The van der Waals surface area contributed by atoms with Crippen LogP contribution in [0.5, 0.6) is 0 Å². The van der Waals surface area contributed by atoms with Gasteiger partial charge in [-0.3, -0.25) is 15.7 Å². The van der Waals surface area contributed by atoms with Gasteiger partial charge in [0.2, 0.25) is 17.5 Å². The topological polar surface area (TPSA) is 121 Å². The molecule has 1 fully saturated rings. The third-order valence-electron chi connectivity index (χ3n) is 6.06. The van der Waals surface area contributed by atoms with Crippen molar-refractivity contribution >= 4 is 11.9 Å². The van der Waals surface area contributed by atoms with Crippen LogP contribution in [0.25, 0.3) is 0 Å². The summed E-state index contributed by atoms with van der Waals surface area (Å²) in [6.07, 6.45) is 4.11. The molecular formula is C21H24F2N8O. The van der Waals surface area contributed by atoms with E-state index in [0.29, 0.717) is 36.8 Å². The lowest BCUT2D eigenvalue weighted by Crippen LogP contribution is -2.46. The number of fused-ring (bicyclic) bond motifs is 1. The van der Waals surface area contributed by atoms with Gasteiger partial charge in [0.05, 0.1) is 6.26 Å².